The predicted molar refractivity (Wildman–Crippen MR) is 64.4 cm³/mol. The smallest absolute Gasteiger partial charge is 0.137 e. The molecule has 5 heteroatoms. The Bertz CT molecular complexity index is 470. The Balaban J connectivity index is 2.53. The molecule has 0 saturated heterocycles. The van der Waals surface area contributed by atoms with Crippen molar-refractivity contribution in [1.82, 2.24) is 10.2 Å². The summed E-state index contributed by atoms with van der Waals surface area (Å²) in [6, 6.07) is 4.87. The van der Waals surface area contributed by atoms with Gasteiger partial charge in [-0.05, 0) is 56.7 Å². The number of aromatic amines is 1. The number of nitrogens with zero attached hydrogens (tertiary/aromatic N) is 1. The summed E-state index contributed by atoms with van der Waals surface area (Å²) in [7, 11) is 0. The minimum Gasteiger partial charge on any atom is -0.277 e. The predicted octanol–water partition coefficient (Wildman–Crippen LogP) is 3.58. The third kappa shape index (κ3) is 1.83. The van der Waals surface area contributed by atoms with E-state index in [-0.39, 0.29) is 5.82 Å². The van der Waals surface area contributed by atoms with E-state index in [0.717, 1.165) is 14.8 Å². The molecule has 0 unspecified atom stereocenters. The van der Waals surface area contributed by atoms with Crippen LogP contribution >= 0.6 is 38.5 Å². The average molecular weight is 367 g/mol. The van der Waals surface area contributed by atoms with Crippen molar-refractivity contribution >= 4 is 38.5 Å². The van der Waals surface area contributed by atoms with Crippen LogP contribution in [0.5, 0.6) is 0 Å². The second-order valence-electron chi connectivity index (χ2n) is 2.72. The molecule has 1 aromatic carbocycles. The first-order valence-corrected chi connectivity index (χ1v) is 5.70. The fraction of sp³-hybridized carbons (Fsp3) is 0. The first kappa shape index (κ1) is 10.1. The summed E-state index contributed by atoms with van der Waals surface area (Å²) in [5, 5.41) is 6.78. The van der Waals surface area contributed by atoms with Crippen LogP contribution in [-0.2, 0) is 0 Å². The number of nitrogens with one attached hydrogen (secondary N) is 1. The molecule has 72 valence electrons. The first-order valence-electron chi connectivity index (χ1n) is 3.83. The van der Waals surface area contributed by atoms with Gasteiger partial charge in [0.25, 0.3) is 0 Å². The van der Waals surface area contributed by atoms with Crippen LogP contribution in [0.1, 0.15) is 0 Å². The van der Waals surface area contributed by atoms with Gasteiger partial charge in [-0.2, -0.15) is 5.10 Å². The second-order valence-corrected chi connectivity index (χ2v) is 4.74. The molecule has 0 bridgehead atoms. The molecule has 0 atom stereocenters. The SMILES string of the molecule is Fc1ccc(-c2[nH]ncc2I)cc1Br. The molecule has 0 aliphatic carbocycles. The first-order chi connectivity index (χ1) is 6.68. The van der Waals surface area contributed by atoms with Crippen LogP contribution in [0.3, 0.4) is 0 Å². The number of H-pyrrole nitrogens is 1. The normalized spacial score (nSPS) is 10.5. The molecule has 1 heterocycles. The average Bonchev–Trinajstić information content (AvgIpc) is 2.57. The van der Waals surface area contributed by atoms with Gasteiger partial charge in [-0.15, -0.1) is 0 Å². The summed E-state index contributed by atoms with van der Waals surface area (Å²) in [6.07, 6.45) is 1.73. The van der Waals surface area contributed by atoms with Gasteiger partial charge in [0.15, 0.2) is 0 Å². The molecule has 0 aliphatic heterocycles. The highest BCUT2D eigenvalue weighted by Crippen LogP contribution is 2.26. The highest BCUT2D eigenvalue weighted by atomic mass is 127. The van der Waals surface area contributed by atoms with Crippen molar-refractivity contribution in [2.75, 3.05) is 0 Å². The quantitative estimate of drug-likeness (QED) is 0.768. The Morgan fingerprint density at radius 2 is 2.21 bits per heavy atom. The summed E-state index contributed by atoms with van der Waals surface area (Å²) in [5.41, 5.74) is 1.83. The largest absolute Gasteiger partial charge is 0.277 e. The van der Waals surface area contributed by atoms with E-state index < -0.39 is 0 Å². The summed E-state index contributed by atoms with van der Waals surface area (Å²) in [6.45, 7) is 0. The zero-order chi connectivity index (χ0) is 10.1. The lowest BCUT2D eigenvalue weighted by Gasteiger charge is -2.00. The highest BCUT2D eigenvalue weighted by molar-refractivity contribution is 14.1. The standard InChI is InChI=1S/C9H5BrFIN2/c10-6-3-5(1-2-7(6)11)9-8(12)4-13-14-9/h1-4H,(H,13,14). The van der Waals surface area contributed by atoms with Crippen molar-refractivity contribution in [3.05, 3.63) is 38.3 Å². The van der Waals surface area contributed by atoms with E-state index in [1.54, 1.807) is 18.3 Å². The Hall–Kier alpha value is -0.430. The Morgan fingerprint density at radius 3 is 2.79 bits per heavy atom. The van der Waals surface area contributed by atoms with Crippen molar-refractivity contribution in [2.45, 2.75) is 0 Å². The van der Waals surface area contributed by atoms with Crippen molar-refractivity contribution in [2.24, 2.45) is 0 Å². The highest BCUT2D eigenvalue weighted by Gasteiger charge is 2.07. The maximum absolute atomic E-state index is 13.0. The number of hydrogen-bond acceptors (Lipinski definition) is 1. The van der Waals surface area contributed by atoms with Crippen LogP contribution in [-0.4, -0.2) is 10.2 Å². The Kier molecular flexibility index (Phi) is 2.87. The summed E-state index contributed by atoms with van der Waals surface area (Å²) < 4.78 is 14.4. The third-order valence-electron chi connectivity index (χ3n) is 1.80. The van der Waals surface area contributed by atoms with E-state index in [0.29, 0.717) is 4.47 Å². The zero-order valence-electron chi connectivity index (χ0n) is 6.89. The molecule has 1 N–H and O–H groups in total. The molecule has 0 radical (unpaired) electrons. The van der Waals surface area contributed by atoms with Crippen molar-refractivity contribution in [3.63, 3.8) is 0 Å². The van der Waals surface area contributed by atoms with Gasteiger partial charge in [0.1, 0.15) is 5.82 Å². The van der Waals surface area contributed by atoms with Crippen molar-refractivity contribution in [1.29, 1.82) is 0 Å². The molecule has 1 aromatic heterocycles. The molecule has 2 nitrogen and oxygen atoms in total. The van der Waals surface area contributed by atoms with E-state index in [9.17, 15) is 4.39 Å². The van der Waals surface area contributed by atoms with Gasteiger partial charge in [-0.3, -0.25) is 5.10 Å². The number of halogens is 3. The molecule has 0 spiro atoms. The molecule has 2 aromatic rings. The number of rotatable bonds is 1. The van der Waals surface area contributed by atoms with E-state index >= 15 is 0 Å². The molecule has 2 rings (SSSR count). The summed E-state index contributed by atoms with van der Waals surface area (Å²) >= 11 is 5.32. The van der Waals surface area contributed by atoms with Gasteiger partial charge >= 0.3 is 0 Å². The fourth-order valence-corrected chi connectivity index (χ4v) is 2.08. The number of aromatic nitrogens is 2. The van der Waals surface area contributed by atoms with Crippen molar-refractivity contribution < 1.29 is 4.39 Å². The van der Waals surface area contributed by atoms with Gasteiger partial charge in [-0.25, -0.2) is 4.39 Å². The lowest BCUT2D eigenvalue weighted by atomic mass is 10.1. The van der Waals surface area contributed by atoms with Crippen LogP contribution in [0, 0.1) is 9.39 Å². The Labute approximate surface area is 102 Å². The van der Waals surface area contributed by atoms with Crippen molar-refractivity contribution in [3.8, 4) is 11.3 Å². The van der Waals surface area contributed by atoms with Crippen LogP contribution in [0.2, 0.25) is 0 Å². The Morgan fingerprint density at radius 1 is 1.43 bits per heavy atom. The maximum atomic E-state index is 13.0. The monoisotopic (exact) mass is 366 g/mol. The molecule has 0 saturated carbocycles. The lowest BCUT2D eigenvalue weighted by molar-refractivity contribution is 0.621. The molecule has 14 heavy (non-hydrogen) atoms. The van der Waals surface area contributed by atoms with E-state index in [1.807, 2.05) is 0 Å². The topological polar surface area (TPSA) is 28.7 Å². The van der Waals surface area contributed by atoms with Gasteiger partial charge in [-0.1, -0.05) is 0 Å². The molecule has 0 fully saturated rings. The minimum atomic E-state index is -0.261. The lowest BCUT2D eigenvalue weighted by Crippen LogP contribution is -1.83. The summed E-state index contributed by atoms with van der Waals surface area (Å²) in [5.74, 6) is -0.261. The number of hydrogen-bond donors (Lipinski definition) is 1. The molecular formula is C9H5BrFIN2. The van der Waals surface area contributed by atoms with Crippen LogP contribution < -0.4 is 0 Å². The van der Waals surface area contributed by atoms with E-state index in [4.69, 9.17) is 0 Å². The maximum Gasteiger partial charge on any atom is 0.137 e. The molecular weight excluding hydrogens is 362 g/mol. The molecule has 0 amide bonds. The summed E-state index contributed by atoms with van der Waals surface area (Å²) in [4.78, 5) is 0. The molecule has 0 aliphatic rings. The second kappa shape index (κ2) is 3.98. The van der Waals surface area contributed by atoms with E-state index in [1.165, 1.54) is 6.07 Å². The van der Waals surface area contributed by atoms with Crippen LogP contribution in [0.15, 0.2) is 28.9 Å². The number of benzene rings is 1. The van der Waals surface area contributed by atoms with Gasteiger partial charge < -0.3 is 0 Å². The van der Waals surface area contributed by atoms with Crippen LogP contribution in [0.4, 0.5) is 4.39 Å². The van der Waals surface area contributed by atoms with Gasteiger partial charge in [0.05, 0.1) is 19.9 Å². The van der Waals surface area contributed by atoms with Gasteiger partial charge in [0.2, 0.25) is 0 Å². The fourth-order valence-electron chi connectivity index (χ4n) is 1.13. The third-order valence-corrected chi connectivity index (χ3v) is 3.23. The van der Waals surface area contributed by atoms with Crippen LogP contribution in [0.25, 0.3) is 11.3 Å². The minimum absolute atomic E-state index is 0.261. The zero-order valence-corrected chi connectivity index (χ0v) is 10.6. The van der Waals surface area contributed by atoms with Gasteiger partial charge in [0, 0.05) is 5.56 Å². The van der Waals surface area contributed by atoms with E-state index in [2.05, 4.69) is 48.7 Å².